The minimum absolute atomic E-state index is 0.0569. The highest BCUT2D eigenvalue weighted by Gasteiger charge is 2.25. The van der Waals surface area contributed by atoms with Crippen molar-refractivity contribution in [2.24, 2.45) is 0 Å². The van der Waals surface area contributed by atoms with E-state index in [0.29, 0.717) is 28.6 Å². The van der Waals surface area contributed by atoms with Crippen molar-refractivity contribution in [2.75, 3.05) is 18.0 Å². The van der Waals surface area contributed by atoms with Gasteiger partial charge in [-0.05, 0) is 43.4 Å². The average molecular weight is 376 g/mol. The van der Waals surface area contributed by atoms with Gasteiger partial charge in [-0.3, -0.25) is 4.79 Å². The molecular weight excluding hydrogens is 362 g/mol. The molecule has 0 atom stereocenters. The summed E-state index contributed by atoms with van der Waals surface area (Å²) in [5.41, 5.74) is 2.05. The lowest BCUT2D eigenvalue weighted by molar-refractivity contribution is 0.103. The van der Waals surface area contributed by atoms with E-state index in [4.69, 9.17) is 12.2 Å². The number of carbonyl (C=O) groups excluding carboxylic acids is 1. The molecule has 3 rings (SSSR count). The van der Waals surface area contributed by atoms with Crippen molar-refractivity contribution in [1.82, 2.24) is 10.3 Å². The number of hydrogen-bond donors (Lipinski definition) is 1. The fraction of sp³-hybridized carbons (Fsp3) is 0.188. The Morgan fingerprint density at radius 1 is 1.36 bits per heavy atom. The van der Waals surface area contributed by atoms with Gasteiger partial charge in [0.2, 0.25) is 0 Å². The minimum Gasteiger partial charge on any atom is -0.360 e. The van der Waals surface area contributed by atoms with Gasteiger partial charge in [-0.2, -0.15) is 0 Å². The second kappa shape index (κ2) is 6.14. The van der Waals surface area contributed by atoms with E-state index in [1.807, 2.05) is 42.2 Å². The summed E-state index contributed by atoms with van der Waals surface area (Å²) in [6.07, 6.45) is 0. The molecule has 1 aromatic carbocycles. The third-order valence-electron chi connectivity index (χ3n) is 3.46. The Kier molecular flexibility index (Phi) is 4.22. The number of anilines is 1. The molecule has 0 bridgehead atoms. The Morgan fingerprint density at radius 3 is 2.86 bits per heavy atom. The third kappa shape index (κ3) is 2.89. The Bertz CT molecular complexity index is 763. The summed E-state index contributed by atoms with van der Waals surface area (Å²) in [4.78, 5) is 19.3. The molecule has 1 aromatic heterocycles. The highest BCUT2D eigenvalue weighted by atomic mass is 79.9. The van der Waals surface area contributed by atoms with E-state index in [9.17, 15) is 4.79 Å². The normalized spacial score (nSPS) is 14.1. The van der Waals surface area contributed by atoms with Crippen LogP contribution >= 0.6 is 28.1 Å². The van der Waals surface area contributed by atoms with Crippen LogP contribution in [-0.4, -0.2) is 29.0 Å². The number of nitrogens with zero attached hydrogens (tertiary/aromatic N) is 2. The van der Waals surface area contributed by atoms with E-state index in [2.05, 4.69) is 26.2 Å². The minimum atomic E-state index is -0.0569. The summed E-state index contributed by atoms with van der Waals surface area (Å²) in [5.74, 6) is 0.568. The Morgan fingerprint density at radius 2 is 2.18 bits per heavy atom. The van der Waals surface area contributed by atoms with E-state index in [1.54, 1.807) is 6.07 Å². The number of pyridine rings is 1. The lowest BCUT2D eigenvalue weighted by atomic mass is 10.0. The number of ketones is 1. The molecule has 1 aliphatic rings. The molecule has 0 saturated carbocycles. The molecule has 0 amide bonds. The third-order valence-corrected chi connectivity index (χ3v) is 4.32. The number of nitrogens with one attached hydrogen (secondary N) is 1. The average Bonchev–Trinajstić information content (AvgIpc) is 2.92. The molecule has 6 heteroatoms. The number of rotatable bonds is 3. The summed E-state index contributed by atoms with van der Waals surface area (Å²) in [7, 11) is 0. The van der Waals surface area contributed by atoms with Crippen LogP contribution in [0.2, 0.25) is 0 Å². The monoisotopic (exact) mass is 375 g/mol. The number of hydrogen-bond acceptors (Lipinski definition) is 3. The first-order valence-electron chi connectivity index (χ1n) is 6.89. The summed E-state index contributed by atoms with van der Waals surface area (Å²) in [5, 5.41) is 3.71. The quantitative estimate of drug-likeness (QED) is 0.659. The first-order chi connectivity index (χ1) is 10.6. The van der Waals surface area contributed by atoms with Crippen LogP contribution in [0.4, 0.5) is 5.82 Å². The summed E-state index contributed by atoms with van der Waals surface area (Å²) >= 11 is 8.71. The Hall–Kier alpha value is -1.79. The van der Waals surface area contributed by atoms with Crippen molar-refractivity contribution < 1.29 is 4.79 Å². The van der Waals surface area contributed by atoms with E-state index in [-0.39, 0.29) is 5.78 Å². The molecule has 22 heavy (non-hydrogen) atoms. The zero-order valence-corrected chi connectivity index (χ0v) is 14.4. The topological polar surface area (TPSA) is 45.2 Å². The molecule has 2 heterocycles. The van der Waals surface area contributed by atoms with Crippen LogP contribution in [0.3, 0.4) is 0 Å². The predicted molar refractivity (Wildman–Crippen MR) is 94.5 cm³/mol. The van der Waals surface area contributed by atoms with Gasteiger partial charge >= 0.3 is 0 Å². The number of halogens is 1. The lowest BCUT2D eigenvalue weighted by Gasteiger charge is -2.19. The van der Waals surface area contributed by atoms with E-state index >= 15 is 0 Å². The summed E-state index contributed by atoms with van der Waals surface area (Å²) in [6.45, 7) is 3.39. The van der Waals surface area contributed by atoms with E-state index in [1.165, 1.54) is 0 Å². The van der Waals surface area contributed by atoms with Gasteiger partial charge in [0.1, 0.15) is 5.82 Å². The van der Waals surface area contributed by atoms with Crippen molar-refractivity contribution in [3.05, 3.63) is 57.7 Å². The Balaban J connectivity index is 2.07. The number of thiocarbonyl (C=S) groups is 1. The highest BCUT2D eigenvalue weighted by Crippen LogP contribution is 2.24. The number of aromatic nitrogens is 1. The molecule has 2 aromatic rings. The van der Waals surface area contributed by atoms with Crippen molar-refractivity contribution in [3.8, 4) is 0 Å². The number of aryl methyl sites for hydroxylation is 1. The zero-order valence-electron chi connectivity index (χ0n) is 12.0. The standard InChI is InChI=1S/C16H14BrN3OS/c1-10-5-6-13(14(21)11-3-2-4-12(17)9-11)15(19-10)20-8-7-18-16(20)22/h2-6,9H,7-8H2,1H3,(H,18,22). The van der Waals surface area contributed by atoms with Gasteiger partial charge in [0.05, 0.1) is 5.56 Å². The SMILES string of the molecule is Cc1ccc(C(=O)c2cccc(Br)c2)c(N2CCNC2=S)n1. The fourth-order valence-corrected chi connectivity index (χ4v) is 3.06. The van der Waals surface area contributed by atoms with E-state index in [0.717, 1.165) is 16.7 Å². The predicted octanol–water partition coefficient (Wildman–Crippen LogP) is 3.08. The van der Waals surface area contributed by atoms with Gasteiger partial charge in [-0.15, -0.1) is 0 Å². The molecule has 4 nitrogen and oxygen atoms in total. The smallest absolute Gasteiger partial charge is 0.196 e. The molecule has 0 radical (unpaired) electrons. The lowest BCUT2D eigenvalue weighted by Crippen LogP contribution is -2.30. The number of benzene rings is 1. The largest absolute Gasteiger partial charge is 0.360 e. The highest BCUT2D eigenvalue weighted by molar-refractivity contribution is 9.10. The fourth-order valence-electron chi connectivity index (χ4n) is 2.38. The van der Waals surface area contributed by atoms with Crippen LogP contribution < -0.4 is 10.2 Å². The molecule has 1 N–H and O–H groups in total. The molecule has 0 aliphatic carbocycles. The van der Waals surface area contributed by atoms with Crippen LogP contribution in [0.15, 0.2) is 40.9 Å². The second-order valence-electron chi connectivity index (χ2n) is 5.05. The second-order valence-corrected chi connectivity index (χ2v) is 6.35. The van der Waals surface area contributed by atoms with Gasteiger partial charge in [-0.1, -0.05) is 28.1 Å². The summed E-state index contributed by atoms with van der Waals surface area (Å²) < 4.78 is 0.873. The maximum absolute atomic E-state index is 12.8. The van der Waals surface area contributed by atoms with Gasteiger partial charge in [0, 0.05) is 28.8 Å². The number of carbonyl (C=O) groups is 1. The molecule has 0 unspecified atom stereocenters. The molecule has 0 spiro atoms. The molecule has 1 fully saturated rings. The maximum Gasteiger partial charge on any atom is 0.196 e. The van der Waals surface area contributed by atoms with Crippen LogP contribution in [-0.2, 0) is 0 Å². The van der Waals surface area contributed by atoms with Crippen molar-refractivity contribution >= 4 is 44.9 Å². The maximum atomic E-state index is 12.8. The Labute approximate surface area is 142 Å². The van der Waals surface area contributed by atoms with Crippen LogP contribution in [0, 0.1) is 6.92 Å². The van der Waals surface area contributed by atoms with Gasteiger partial charge in [-0.25, -0.2) is 4.98 Å². The van der Waals surface area contributed by atoms with E-state index < -0.39 is 0 Å². The van der Waals surface area contributed by atoms with Crippen LogP contribution in [0.25, 0.3) is 0 Å². The first kappa shape index (κ1) is 15.1. The van der Waals surface area contributed by atoms with Crippen molar-refractivity contribution in [2.45, 2.75) is 6.92 Å². The van der Waals surface area contributed by atoms with Crippen LogP contribution in [0.5, 0.6) is 0 Å². The van der Waals surface area contributed by atoms with Gasteiger partial charge in [0.15, 0.2) is 10.9 Å². The van der Waals surface area contributed by atoms with Gasteiger partial charge in [0.25, 0.3) is 0 Å². The van der Waals surface area contributed by atoms with Crippen molar-refractivity contribution in [3.63, 3.8) is 0 Å². The van der Waals surface area contributed by atoms with Crippen LogP contribution in [0.1, 0.15) is 21.6 Å². The molecule has 112 valence electrons. The van der Waals surface area contributed by atoms with Gasteiger partial charge < -0.3 is 10.2 Å². The first-order valence-corrected chi connectivity index (χ1v) is 8.09. The molecule has 1 saturated heterocycles. The molecular formula is C16H14BrN3OS. The van der Waals surface area contributed by atoms with Crippen molar-refractivity contribution in [1.29, 1.82) is 0 Å². The summed E-state index contributed by atoms with van der Waals surface area (Å²) in [6, 6.07) is 11.0. The zero-order chi connectivity index (χ0) is 15.7. The molecule has 1 aliphatic heterocycles.